The van der Waals surface area contributed by atoms with E-state index in [-0.39, 0.29) is 17.2 Å². The maximum Gasteiger partial charge on any atom is 0.276 e. The molecule has 0 radical (unpaired) electrons. The molecule has 6 nitrogen and oxygen atoms in total. The van der Waals surface area contributed by atoms with Gasteiger partial charge >= 0.3 is 0 Å². The van der Waals surface area contributed by atoms with E-state index in [1.165, 1.54) is 16.8 Å². The van der Waals surface area contributed by atoms with Crippen molar-refractivity contribution in [3.05, 3.63) is 58.0 Å². The van der Waals surface area contributed by atoms with Crippen molar-refractivity contribution in [1.29, 1.82) is 0 Å². The lowest BCUT2D eigenvalue weighted by molar-refractivity contribution is 0.101. The van der Waals surface area contributed by atoms with Gasteiger partial charge in [-0.2, -0.15) is 5.10 Å². The van der Waals surface area contributed by atoms with Gasteiger partial charge in [-0.25, -0.2) is 4.68 Å². The lowest BCUT2D eigenvalue weighted by atomic mass is 10.2. The molecule has 1 heterocycles. The number of amides is 1. The number of anilines is 1. The number of nitrogens with one attached hydrogen (secondary N) is 1. The summed E-state index contributed by atoms with van der Waals surface area (Å²) in [5.74, 6) is -0.351. The molecule has 0 bridgehead atoms. The largest absolute Gasteiger partial charge is 0.383 e. The number of carbonyl (C=O) groups excluding carboxylic acids is 1. The molecule has 0 unspecified atom stereocenters. The minimum atomic E-state index is -0.351. The SMILES string of the molecule is COCCn1nc(C(=O)Nc2ccccc2C)ccc1=O. The van der Waals surface area contributed by atoms with Gasteiger partial charge in [0.15, 0.2) is 0 Å². The Bertz CT molecular complexity index is 695. The van der Waals surface area contributed by atoms with Gasteiger partial charge in [-0.1, -0.05) is 18.2 Å². The van der Waals surface area contributed by atoms with Crippen molar-refractivity contribution in [2.45, 2.75) is 13.5 Å². The van der Waals surface area contributed by atoms with Crippen LogP contribution in [-0.2, 0) is 11.3 Å². The molecule has 2 rings (SSSR count). The molecule has 1 aromatic heterocycles. The second-order valence-corrected chi connectivity index (χ2v) is 4.54. The number of rotatable bonds is 5. The van der Waals surface area contributed by atoms with Gasteiger partial charge in [-0.15, -0.1) is 0 Å². The fourth-order valence-corrected chi connectivity index (χ4v) is 1.81. The predicted molar refractivity (Wildman–Crippen MR) is 79.5 cm³/mol. The smallest absolute Gasteiger partial charge is 0.276 e. The highest BCUT2D eigenvalue weighted by Crippen LogP contribution is 2.13. The van der Waals surface area contributed by atoms with Gasteiger partial charge < -0.3 is 10.1 Å². The van der Waals surface area contributed by atoms with Crippen LogP contribution < -0.4 is 10.9 Å². The second-order valence-electron chi connectivity index (χ2n) is 4.54. The Labute approximate surface area is 122 Å². The molecular formula is C15H17N3O3. The fraction of sp³-hybridized carbons (Fsp3) is 0.267. The molecular weight excluding hydrogens is 270 g/mol. The quantitative estimate of drug-likeness (QED) is 0.903. The van der Waals surface area contributed by atoms with Crippen LogP contribution in [-0.4, -0.2) is 29.4 Å². The highest BCUT2D eigenvalue weighted by Gasteiger charge is 2.10. The number of aryl methyl sites for hydroxylation is 1. The average Bonchev–Trinajstić information content (AvgIpc) is 2.48. The summed E-state index contributed by atoms with van der Waals surface area (Å²) >= 11 is 0. The minimum Gasteiger partial charge on any atom is -0.383 e. The topological polar surface area (TPSA) is 73.2 Å². The number of hydrogen-bond donors (Lipinski definition) is 1. The van der Waals surface area contributed by atoms with Crippen molar-refractivity contribution in [1.82, 2.24) is 9.78 Å². The third kappa shape index (κ3) is 3.76. The molecule has 0 saturated carbocycles. The third-order valence-corrected chi connectivity index (χ3v) is 3.00. The molecule has 0 aliphatic carbocycles. The van der Waals surface area contributed by atoms with Gasteiger partial charge in [0.2, 0.25) is 0 Å². The molecule has 0 saturated heterocycles. The van der Waals surface area contributed by atoms with Crippen LogP contribution in [0.2, 0.25) is 0 Å². The first kappa shape index (κ1) is 14.9. The number of para-hydroxylation sites is 1. The van der Waals surface area contributed by atoms with Crippen molar-refractivity contribution < 1.29 is 9.53 Å². The van der Waals surface area contributed by atoms with E-state index in [9.17, 15) is 9.59 Å². The van der Waals surface area contributed by atoms with Crippen molar-refractivity contribution in [3.8, 4) is 0 Å². The van der Waals surface area contributed by atoms with Gasteiger partial charge in [-0.3, -0.25) is 9.59 Å². The number of methoxy groups -OCH3 is 1. The third-order valence-electron chi connectivity index (χ3n) is 3.00. The molecule has 1 amide bonds. The average molecular weight is 287 g/mol. The van der Waals surface area contributed by atoms with E-state index in [4.69, 9.17) is 4.74 Å². The molecule has 0 atom stereocenters. The number of hydrogen-bond acceptors (Lipinski definition) is 4. The van der Waals surface area contributed by atoms with Crippen LogP contribution in [0.1, 0.15) is 16.1 Å². The Kier molecular flexibility index (Phi) is 4.84. The van der Waals surface area contributed by atoms with Crippen molar-refractivity contribution in [2.75, 3.05) is 19.0 Å². The van der Waals surface area contributed by atoms with Crippen LogP contribution in [0.25, 0.3) is 0 Å². The number of aromatic nitrogens is 2. The molecule has 0 aliphatic heterocycles. The molecule has 1 N–H and O–H groups in total. The maximum atomic E-state index is 12.2. The van der Waals surface area contributed by atoms with E-state index in [0.717, 1.165) is 11.3 Å². The summed E-state index contributed by atoms with van der Waals surface area (Å²) in [5.41, 5.74) is 1.60. The lowest BCUT2D eigenvalue weighted by Gasteiger charge is -2.09. The van der Waals surface area contributed by atoms with Gasteiger partial charge in [0, 0.05) is 18.9 Å². The Morgan fingerprint density at radius 2 is 2.05 bits per heavy atom. The molecule has 2 aromatic rings. The molecule has 1 aromatic carbocycles. The molecule has 0 spiro atoms. The number of benzene rings is 1. The van der Waals surface area contributed by atoms with Crippen molar-refractivity contribution >= 4 is 11.6 Å². The number of nitrogens with zero attached hydrogens (tertiary/aromatic N) is 2. The van der Waals surface area contributed by atoms with E-state index in [1.807, 2.05) is 31.2 Å². The zero-order valence-corrected chi connectivity index (χ0v) is 12.0. The molecule has 6 heteroatoms. The van der Waals surface area contributed by atoms with Crippen molar-refractivity contribution in [3.63, 3.8) is 0 Å². The maximum absolute atomic E-state index is 12.2. The van der Waals surface area contributed by atoms with E-state index < -0.39 is 0 Å². The summed E-state index contributed by atoms with van der Waals surface area (Å²) in [7, 11) is 1.54. The zero-order chi connectivity index (χ0) is 15.2. The number of ether oxygens (including phenoxy) is 1. The summed E-state index contributed by atoms with van der Waals surface area (Å²) in [6.45, 7) is 2.57. The van der Waals surface area contributed by atoms with Crippen LogP contribution in [0.4, 0.5) is 5.69 Å². The number of carbonyl (C=O) groups is 1. The molecule has 0 fully saturated rings. The first-order valence-electron chi connectivity index (χ1n) is 6.56. The molecule has 21 heavy (non-hydrogen) atoms. The molecule has 110 valence electrons. The van der Waals surface area contributed by atoms with E-state index >= 15 is 0 Å². The monoisotopic (exact) mass is 287 g/mol. The van der Waals surface area contributed by atoms with Crippen LogP contribution in [0.15, 0.2) is 41.2 Å². The predicted octanol–water partition coefficient (Wildman–Crippen LogP) is 1.45. The van der Waals surface area contributed by atoms with Crippen LogP contribution in [0, 0.1) is 6.92 Å². The zero-order valence-electron chi connectivity index (χ0n) is 12.0. The summed E-state index contributed by atoms with van der Waals surface area (Å²) in [4.78, 5) is 23.8. The highest BCUT2D eigenvalue weighted by molar-refractivity contribution is 6.03. The summed E-state index contributed by atoms with van der Waals surface area (Å²) in [5, 5.41) is 6.83. The molecule has 0 aliphatic rings. The van der Waals surface area contributed by atoms with Crippen LogP contribution in [0.5, 0.6) is 0 Å². The summed E-state index contributed by atoms with van der Waals surface area (Å²) in [6.07, 6.45) is 0. The van der Waals surface area contributed by atoms with Crippen molar-refractivity contribution in [2.24, 2.45) is 0 Å². The van der Waals surface area contributed by atoms with Gasteiger partial charge in [0.25, 0.3) is 11.5 Å². The van der Waals surface area contributed by atoms with Gasteiger partial charge in [0.05, 0.1) is 13.2 Å². The van der Waals surface area contributed by atoms with E-state index in [2.05, 4.69) is 10.4 Å². The normalized spacial score (nSPS) is 10.4. The Balaban J connectivity index is 2.19. The Hall–Kier alpha value is -2.47. The standard InChI is InChI=1S/C15H17N3O3/c1-11-5-3-4-6-12(11)16-15(20)13-7-8-14(19)18(17-13)9-10-21-2/h3-8H,9-10H2,1-2H3,(H,16,20). The summed E-state index contributed by atoms with van der Waals surface area (Å²) < 4.78 is 6.13. The van der Waals surface area contributed by atoms with E-state index in [1.54, 1.807) is 7.11 Å². The van der Waals surface area contributed by atoms with Gasteiger partial charge in [0.1, 0.15) is 5.69 Å². The summed E-state index contributed by atoms with van der Waals surface area (Å²) in [6, 6.07) is 10.2. The van der Waals surface area contributed by atoms with Crippen LogP contribution in [0.3, 0.4) is 0 Å². The van der Waals surface area contributed by atoms with E-state index in [0.29, 0.717) is 13.2 Å². The first-order valence-corrected chi connectivity index (χ1v) is 6.56. The second kappa shape index (κ2) is 6.81. The fourth-order valence-electron chi connectivity index (χ4n) is 1.81. The lowest BCUT2D eigenvalue weighted by Crippen LogP contribution is -2.27. The Morgan fingerprint density at radius 1 is 1.29 bits per heavy atom. The first-order chi connectivity index (χ1) is 10.1. The Morgan fingerprint density at radius 3 is 2.76 bits per heavy atom. The van der Waals surface area contributed by atoms with Crippen LogP contribution >= 0.6 is 0 Å². The highest BCUT2D eigenvalue weighted by atomic mass is 16.5. The van der Waals surface area contributed by atoms with Gasteiger partial charge in [-0.05, 0) is 24.6 Å². The minimum absolute atomic E-state index is 0.189.